The molecule has 1 heterocycles. The van der Waals surface area contributed by atoms with Crippen molar-refractivity contribution in [1.29, 1.82) is 0 Å². The Morgan fingerprint density at radius 3 is 2.50 bits per heavy atom. The summed E-state index contributed by atoms with van der Waals surface area (Å²) in [5.41, 5.74) is 5.65. The van der Waals surface area contributed by atoms with Crippen molar-refractivity contribution < 1.29 is 13.2 Å². The minimum atomic E-state index is -4.36. The second-order valence-electron chi connectivity index (χ2n) is 3.58. The Kier molecular flexibility index (Phi) is 2.26. The van der Waals surface area contributed by atoms with E-state index in [4.69, 9.17) is 5.73 Å². The van der Waals surface area contributed by atoms with Crippen LogP contribution in [0, 0.1) is 6.92 Å². The Labute approximate surface area is 89.9 Å². The number of rotatable bonds is 0. The molecule has 0 bridgehead atoms. The van der Waals surface area contributed by atoms with Crippen LogP contribution in [-0.2, 0) is 6.18 Å². The molecule has 1 aromatic carbocycles. The van der Waals surface area contributed by atoms with Gasteiger partial charge in [-0.2, -0.15) is 13.2 Å². The van der Waals surface area contributed by atoms with Crippen molar-refractivity contribution in [3.05, 3.63) is 35.5 Å². The van der Waals surface area contributed by atoms with Gasteiger partial charge in [-0.05, 0) is 30.0 Å². The molecule has 0 atom stereocenters. The molecule has 0 amide bonds. The van der Waals surface area contributed by atoms with Crippen LogP contribution in [0.25, 0.3) is 10.8 Å². The van der Waals surface area contributed by atoms with Gasteiger partial charge in [0.2, 0.25) is 0 Å². The van der Waals surface area contributed by atoms with Crippen molar-refractivity contribution >= 4 is 16.6 Å². The number of nitrogens with two attached hydrogens (primary N) is 1. The standard InChI is InChI=1S/C11H9F3N2/c1-6-5-16-10(15)9-4-7(11(12,13)14)2-3-8(6)9/h2-5H,1H3,(H2,15,16). The summed E-state index contributed by atoms with van der Waals surface area (Å²) in [6.45, 7) is 1.78. The fraction of sp³-hybridized carbons (Fsp3) is 0.182. The highest BCUT2D eigenvalue weighted by Crippen LogP contribution is 2.33. The van der Waals surface area contributed by atoms with Gasteiger partial charge in [0.15, 0.2) is 0 Å². The number of alkyl halides is 3. The van der Waals surface area contributed by atoms with E-state index in [-0.39, 0.29) is 5.82 Å². The lowest BCUT2D eigenvalue weighted by Gasteiger charge is -2.09. The second-order valence-corrected chi connectivity index (χ2v) is 3.58. The van der Waals surface area contributed by atoms with Crippen molar-refractivity contribution in [1.82, 2.24) is 4.98 Å². The topological polar surface area (TPSA) is 38.9 Å². The molecule has 0 aliphatic heterocycles. The monoisotopic (exact) mass is 226 g/mol. The van der Waals surface area contributed by atoms with Crippen LogP contribution in [0.2, 0.25) is 0 Å². The van der Waals surface area contributed by atoms with Crippen LogP contribution in [0.3, 0.4) is 0 Å². The third-order valence-corrected chi connectivity index (χ3v) is 2.44. The van der Waals surface area contributed by atoms with Crippen molar-refractivity contribution in [3.63, 3.8) is 0 Å². The number of aromatic nitrogens is 1. The predicted octanol–water partition coefficient (Wildman–Crippen LogP) is 3.14. The normalized spacial score (nSPS) is 12.0. The Morgan fingerprint density at radius 2 is 1.88 bits per heavy atom. The number of benzene rings is 1. The Balaban J connectivity index is 2.76. The molecular weight excluding hydrogens is 217 g/mol. The number of nitrogens with zero attached hydrogens (tertiary/aromatic N) is 1. The van der Waals surface area contributed by atoms with Crippen molar-refractivity contribution in [2.75, 3.05) is 5.73 Å². The lowest BCUT2D eigenvalue weighted by atomic mass is 10.0. The minimum absolute atomic E-state index is 0.117. The molecule has 0 fully saturated rings. The van der Waals surface area contributed by atoms with E-state index in [2.05, 4.69) is 4.98 Å². The first kappa shape index (κ1) is 10.7. The van der Waals surface area contributed by atoms with Gasteiger partial charge in [0, 0.05) is 11.6 Å². The SMILES string of the molecule is Cc1cnc(N)c2cc(C(F)(F)F)ccc12. The zero-order valence-electron chi connectivity index (χ0n) is 8.47. The molecule has 2 rings (SSSR count). The first-order chi connectivity index (χ1) is 7.39. The van der Waals surface area contributed by atoms with Crippen LogP contribution in [0.1, 0.15) is 11.1 Å². The summed E-state index contributed by atoms with van der Waals surface area (Å²) in [5.74, 6) is 0.117. The molecule has 1 aromatic heterocycles. The lowest BCUT2D eigenvalue weighted by Crippen LogP contribution is -2.05. The number of pyridine rings is 1. The highest BCUT2D eigenvalue weighted by Gasteiger charge is 2.30. The summed E-state index contributed by atoms with van der Waals surface area (Å²) in [7, 11) is 0. The van der Waals surface area contributed by atoms with Gasteiger partial charge in [-0.1, -0.05) is 6.07 Å². The molecule has 16 heavy (non-hydrogen) atoms. The third kappa shape index (κ3) is 1.68. The van der Waals surface area contributed by atoms with Crippen LogP contribution in [0.4, 0.5) is 19.0 Å². The Bertz CT molecular complexity index is 547. The largest absolute Gasteiger partial charge is 0.416 e. The Hall–Kier alpha value is -1.78. The van der Waals surface area contributed by atoms with Crippen molar-refractivity contribution in [2.24, 2.45) is 0 Å². The van der Waals surface area contributed by atoms with Gasteiger partial charge in [-0.15, -0.1) is 0 Å². The average molecular weight is 226 g/mol. The molecule has 0 saturated carbocycles. The summed E-state index contributed by atoms with van der Waals surface area (Å²) in [6, 6.07) is 3.50. The number of anilines is 1. The molecule has 0 saturated heterocycles. The van der Waals surface area contributed by atoms with Crippen LogP contribution < -0.4 is 5.73 Å². The molecule has 0 aliphatic rings. The van der Waals surface area contributed by atoms with Gasteiger partial charge in [0.05, 0.1) is 5.56 Å². The molecule has 2 nitrogen and oxygen atoms in total. The average Bonchev–Trinajstić information content (AvgIpc) is 2.22. The number of aryl methyl sites for hydroxylation is 1. The molecular formula is C11H9F3N2. The maximum absolute atomic E-state index is 12.5. The molecule has 0 spiro atoms. The van der Waals surface area contributed by atoms with Crippen LogP contribution in [0.15, 0.2) is 24.4 Å². The summed E-state index contributed by atoms with van der Waals surface area (Å²) in [4.78, 5) is 3.84. The Morgan fingerprint density at radius 1 is 1.19 bits per heavy atom. The maximum atomic E-state index is 12.5. The number of halogens is 3. The van der Waals surface area contributed by atoms with Crippen molar-refractivity contribution in [2.45, 2.75) is 13.1 Å². The van der Waals surface area contributed by atoms with E-state index in [9.17, 15) is 13.2 Å². The molecule has 2 aromatic rings. The fourth-order valence-electron chi connectivity index (χ4n) is 1.58. The van der Waals surface area contributed by atoms with Gasteiger partial charge in [0.1, 0.15) is 5.82 Å². The summed E-state index contributed by atoms with van der Waals surface area (Å²) < 4.78 is 37.5. The van der Waals surface area contributed by atoms with Gasteiger partial charge in [0.25, 0.3) is 0 Å². The smallest absolute Gasteiger partial charge is 0.383 e. The van der Waals surface area contributed by atoms with Gasteiger partial charge >= 0.3 is 6.18 Å². The molecule has 0 unspecified atom stereocenters. The number of fused-ring (bicyclic) bond motifs is 1. The first-order valence-electron chi connectivity index (χ1n) is 4.61. The molecule has 0 radical (unpaired) electrons. The predicted molar refractivity (Wildman–Crippen MR) is 55.9 cm³/mol. The van der Waals surface area contributed by atoms with E-state index >= 15 is 0 Å². The van der Waals surface area contributed by atoms with E-state index in [0.717, 1.165) is 17.7 Å². The minimum Gasteiger partial charge on any atom is -0.383 e. The quantitative estimate of drug-likeness (QED) is 0.749. The van der Waals surface area contributed by atoms with E-state index in [1.54, 1.807) is 13.1 Å². The second kappa shape index (κ2) is 3.37. The third-order valence-electron chi connectivity index (χ3n) is 2.44. The molecule has 5 heteroatoms. The van der Waals surface area contributed by atoms with Gasteiger partial charge < -0.3 is 5.73 Å². The zero-order chi connectivity index (χ0) is 11.9. The summed E-state index contributed by atoms with van der Waals surface area (Å²) in [5, 5.41) is 1.04. The van der Waals surface area contributed by atoms with Crippen LogP contribution >= 0.6 is 0 Å². The molecule has 84 valence electrons. The zero-order valence-corrected chi connectivity index (χ0v) is 8.47. The summed E-state index contributed by atoms with van der Waals surface area (Å²) >= 11 is 0. The van der Waals surface area contributed by atoms with Gasteiger partial charge in [-0.3, -0.25) is 0 Å². The fourth-order valence-corrected chi connectivity index (χ4v) is 1.58. The summed E-state index contributed by atoms with van der Waals surface area (Å²) in [6.07, 6.45) is -2.81. The highest BCUT2D eigenvalue weighted by atomic mass is 19.4. The molecule has 0 aliphatic carbocycles. The van der Waals surface area contributed by atoms with E-state index in [1.165, 1.54) is 6.07 Å². The van der Waals surface area contributed by atoms with E-state index < -0.39 is 11.7 Å². The number of nitrogen functional groups attached to an aromatic ring is 1. The first-order valence-corrected chi connectivity index (χ1v) is 4.61. The van der Waals surface area contributed by atoms with Gasteiger partial charge in [-0.25, -0.2) is 4.98 Å². The van der Waals surface area contributed by atoms with E-state index in [1.807, 2.05) is 0 Å². The number of hydrogen-bond acceptors (Lipinski definition) is 2. The van der Waals surface area contributed by atoms with Crippen molar-refractivity contribution in [3.8, 4) is 0 Å². The molecule has 2 N–H and O–H groups in total. The van der Waals surface area contributed by atoms with Crippen LogP contribution in [-0.4, -0.2) is 4.98 Å². The number of hydrogen-bond donors (Lipinski definition) is 1. The van der Waals surface area contributed by atoms with Crippen LogP contribution in [0.5, 0.6) is 0 Å². The maximum Gasteiger partial charge on any atom is 0.416 e. The highest BCUT2D eigenvalue weighted by molar-refractivity contribution is 5.93. The lowest BCUT2D eigenvalue weighted by molar-refractivity contribution is -0.137. The van der Waals surface area contributed by atoms with E-state index in [0.29, 0.717) is 10.8 Å².